The minimum Gasteiger partial charge on any atom is -0.353 e. The molecule has 1 N–H and O–H groups in total. The number of hydrogen-bond donors (Lipinski definition) is 1. The second kappa shape index (κ2) is 6.97. The number of aryl methyl sites for hydroxylation is 2. The number of amides is 2. The van der Waals surface area contributed by atoms with Crippen LogP contribution in [0.25, 0.3) is 0 Å². The predicted octanol–water partition coefficient (Wildman–Crippen LogP) is 2.03. The molecule has 140 valence electrons. The highest BCUT2D eigenvalue weighted by atomic mass is 16.2. The van der Waals surface area contributed by atoms with E-state index in [0.717, 1.165) is 74.4 Å². The van der Waals surface area contributed by atoms with Crippen LogP contribution in [-0.2, 0) is 16.0 Å². The van der Waals surface area contributed by atoms with Crippen LogP contribution in [0, 0.1) is 19.8 Å². The summed E-state index contributed by atoms with van der Waals surface area (Å²) < 4.78 is 0. The third-order valence-electron chi connectivity index (χ3n) is 5.74. The molecule has 0 bridgehead atoms. The van der Waals surface area contributed by atoms with Crippen molar-refractivity contribution < 1.29 is 9.59 Å². The summed E-state index contributed by atoms with van der Waals surface area (Å²) in [6, 6.07) is 0.375. The SMILES string of the molecule is Cc1nc(C2CCCN(C(=O)C3CC3)C2)nc(C)c1CC(=O)NC1CC1. The number of aromatic nitrogens is 2. The second-order valence-electron chi connectivity index (χ2n) is 8.15. The Bertz CT molecular complexity index is 702. The lowest BCUT2D eigenvalue weighted by Crippen LogP contribution is -2.40. The lowest BCUT2D eigenvalue weighted by atomic mass is 9.96. The van der Waals surface area contributed by atoms with Crippen LogP contribution in [-0.4, -0.2) is 45.8 Å². The molecule has 26 heavy (non-hydrogen) atoms. The van der Waals surface area contributed by atoms with E-state index < -0.39 is 0 Å². The summed E-state index contributed by atoms with van der Waals surface area (Å²) in [7, 11) is 0. The van der Waals surface area contributed by atoms with E-state index in [4.69, 9.17) is 9.97 Å². The molecule has 2 aliphatic carbocycles. The Morgan fingerprint density at radius 3 is 2.38 bits per heavy atom. The maximum atomic E-state index is 12.4. The molecule has 2 amide bonds. The Balaban J connectivity index is 1.46. The maximum absolute atomic E-state index is 12.4. The molecule has 1 unspecified atom stereocenters. The largest absolute Gasteiger partial charge is 0.353 e. The number of hydrogen-bond acceptors (Lipinski definition) is 4. The van der Waals surface area contributed by atoms with Crippen LogP contribution in [0.4, 0.5) is 0 Å². The molecule has 2 saturated carbocycles. The maximum Gasteiger partial charge on any atom is 0.225 e. The van der Waals surface area contributed by atoms with Gasteiger partial charge in [0.2, 0.25) is 11.8 Å². The lowest BCUT2D eigenvalue weighted by Gasteiger charge is -2.32. The fraction of sp³-hybridized carbons (Fsp3) is 0.700. The molecule has 1 aliphatic heterocycles. The van der Waals surface area contributed by atoms with Gasteiger partial charge in [-0.1, -0.05) is 0 Å². The summed E-state index contributed by atoms with van der Waals surface area (Å²) in [5.74, 6) is 1.69. The van der Waals surface area contributed by atoms with Gasteiger partial charge < -0.3 is 10.2 Å². The number of nitrogens with zero attached hydrogens (tertiary/aromatic N) is 3. The van der Waals surface area contributed by atoms with E-state index in [2.05, 4.69) is 5.32 Å². The van der Waals surface area contributed by atoms with Crippen molar-refractivity contribution in [2.24, 2.45) is 5.92 Å². The van der Waals surface area contributed by atoms with Gasteiger partial charge in [-0.15, -0.1) is 0 Å². The quantitative estimate of drug-likeness (QED) is 0.876. The minimum absolute atomic E-state index is 0.0638. The van der Waals surface area contributed by atoms with E-state index in [1.54, 1.807) is 0 Å². The highest BCUT2D eigenvalue weighted by molar-refractivity contribution is 5.81. The van der Waals surface area contributed by atoms with Crippen LogP contribution in [0.5, 0.6) is 0 Å². The third-order valence-corrected chi connectivity index (χ3v) is 5.74. The molecule has 1 aromatic rings. The molecule has 1 atom stereocenters. The van der Waals surface area contributed by atoms with Gasteiger partial charge in [-0.05, 0) is 52.4 Å². The molecule has 3 aliphatic rings. The summed E-state index contributed by atoms with van der Waals surface area (Å²) >= 11 is 0. The fourth-order valence-electron chi connectivity index (χ4n) is 3.85. The van der Waals surface area contributed by atoms with Gasteiger partial charge in [0.25, 0.3) is 0 Å². The number of piperidine rings is 1. The molecule has 2 heterocycles. The molecule has 3 fully saturated rings. The molecular formula is C20H28N4O2. The van der Waals surface area contributed by atoms with Gasteiger partial charge in [-0.25, -0.2) is 9.97 Å². The number of likely N-dealkylation sites (tertiary alicyclic amines) is 1. The zero-order chi connectivity index (χ0) is 18.3. The van der Waals surface area contributed by atoms with E-state index in [1.807, 2.05) is 18.7 Å². The number of nitrogens with one attached hydrogen (secondary N) is 1. The first kappa shape index (κ1) is 17.4. The topological polar surface area (TPSA) is 75.2 Å². The zero-order valence-corrected chi connectivity index (χ0v) is 15.8. The van der Waals surface area contributed by atoms with Crippen LogP contribution >= 0.6 is 0 Å². The Kier molecular flexibility index (Phi) is 4.67. The third kappa shape index (κ3) is 3.89. The minimum atomic E-state index is 0.0638. The van der Waals surface area contributed by atoms with Gasteiger partial charge in [0.1, 0.15) is 5.82 Å². The Hall–Kier alpha value is -1.98. The first-order valence-electron chi connectivity index (χ1n) is 9.93. The van der Waals surface area contributed by atoms with Gasteiger partial charge in [-0.2, -0.15) is 0 Å². The van der Waals surface area contributed by atoms with E-state index in [-0.39, 0.29) is 17.7 Å². The van der Waals surface area contributed by atoms with Crippen molar-refractivity contribution in [2.75, 3.05) is 13.1 Å². The van der Waals surface area contributed by atoms with E-state index >= 15 is 0 Å². The Morgan fingerprint density at radius 2 is 1.77 bits per heavy atom. The summed E-state index contributed by atoms with van der Waals surface area (Å²) in [6.07, 6.45) is 6.67. The molecule has 0 radical (unpaired) electrons. The molecule has 4 rings (SSSR count). The van der Waals surface area contributed by atoms with Crippen molar-refractivity contribution in [3.63, 3.8) is 0 Å². The molecular weight excluding hydrogens is 328 g/mol. The molecule has 6 heteroatoms. The van der Waals surface area contributed by atoms with Gasteiger partial charge in [0.05, 0.1) is 6.42 Å². The first-order chi connectivity index (χ1) is 12.5. The predicted molar refractivity (Wildman–Crippen MR) is 97.7 cm³/mol. The van der Waals surface area contributed by atoms with Gasteiger partial charge >= 0.3 is 0 Å². The Morgan fingerprint density at radius 1 is 1.08 bits per heavy atom. The van der Waals surface area contributed by atoms with Gasteiger partial charge in [0, 0.05) is 47.9 Å². The standard InChI is InChI=1S/C20H28N4O2/c1-12-17(10-18(25)23-16-7-8-16)13(2)22-19(21-12)15-4-3-9-24(11-15)20(26)14-5-6-14/h14-16H,3-11H2,1-2H3,(H,23,25). The van der Waals surface area contributed by atoms with Crippen molar-refractivity contribution in [3.8, 4) is 0 Å². The number of carbonyl (C=O) groups is 2. The smallest absolute Gasteiger partial charge is 0.225 e. The lowest BCUT2D eigenvalue weighted by molar-refractivity contribution is -0.133. The summed E-state index contributed by atoms with van der Waals surface area (Å²) in [4.78, 5) is 36.0. The normalized spacial score (nSPS) is 23.0. The van der Waals surface area contributed by atoms with E-state index in [0.29, 0.717) is 18.4 Å². The van der Waals surface area contributed by atoms with Crippen LogP contribution < -0.4 is 5.32 Å². The van der Waals surface area contributed by atoms with Gasteiger partial charge in [-0.3, -0.25) is 9.59 Å². The van der Waals surface area contributed by atoms with Crippen LogP contribution in [0.3, 0.4) is 0 Å². The number of carbonyl (C=O) groups excluding carboxylic acids is 2. The van der Waals surface area contributed by atoms with Crippen molar-refractivity contribution in [1.82, 2.24) is 20.2 Å². The monoisotopic (exact) mass is 356 g/mol. The summed E-state index contributed by atoms with van der Waals surface area (Å²) in [6.45, 7) is 5.53. The van der Waals surface area contributed by atoms with Crippen molar-refractivity contribution >= 4 is 11.8 Å². The molecule has 0 spiro atoms. The van der Waals surface area contributed by atoms with Crippen LogP contribution in [0.1, 0.15) is 67.2 Å². The van der Waals surface area contributed by atoms with Crippen LogP contribution in [0.2, 0.25) is 0 Å². The average molecular weight is 356 g/mol. The molecule has 0 aromatic carbocycles. The molecule has 1 saturated heterocycles. The summed E-state index contributed by atoms with van der Waals surface area (Å²) in [5, 5.41) is 3.03. The Labute approximate surface area is 154 Å². The van der Waals surface area contributed by atoms with Crippen LogP contribution in [0.15, 0.2) is 0 Å². The summed E-state index contributed by atoms with van der Waals surface area (Å²) in [5.41, 5.74) is 2.72. The second-order valence-corrected chi connectivity index (χ2v) is 8.15. The first-order valence-corrected chi connectivity index (χ1v) is 9.93. The molecule has 1 aromatic heterocycles. The van der Waals surface area contributed by atoms with Crippen molar-refractivity contribution in [2.45, 2.75) is 70.8 Å². The number of rotatable bonds is 5. The fourth-order valence-corrected chi connectivity index (χ4v) is 3.85. The van der Waals surface area contributed by atoms with Gasteiger partial charge in [0.15, 0.2) is 0 Å². The highest BCUT2D eigenvalue weighted by Crippen LogP contribution is 2.34. The zero-order valence-electron chi connectivity index (χ0n) is 15.8. The average Bonchev–Trinajstić information content (AvgIpc) is 3.51. The molecule has 6 nitrogen and oxygen atoms in total. The van der Waals surface area contributed by atoms with E-state index in [1.165, 1.54) is 0 Å². The van der Waals surface area contributed by atoms with Crippen molar-refractivity contribution in [1.29, 1.82) is 0 Å². The van der Waals surface area contributed by atoms with Crippen molar-refractivity contribution in [3.05, 3.63) is 22.8 Å². The van der Waals surface area contributed by atoms with E-state index in [9.17, 15) is 9.59 Å². The highest BCUT2D eigenvalue weighted by Gasteiger charge is 2.36.